The molecule has 0 spiro atoms. The minimum atomic E-state index is -4.73. The van der Waals surface area contributed by atoms with Gasteiger partial charge >= 0.3 is 18.2 Å². The van der Waals surface area contributed by atoms with E-state index in [1.807, 2.05) is 13.8 Å². The predicted octanol–water partition coefficient (Wildman–Crippen LogP) is 6.64. The summed E-state index contributed by atoms with van der Waals surface area (Å²) in [5.41, 5.74) is 0.749. The molecule has 0 aliphatic rings. The molecule has 14 nitrogen and oxygen atoms in total. The Labute approximate surface area is 298 Å². The predicted molar refractivity (Wildman–Crippen MR) is 180 cm³/mol. The van der Waals surface area contributed by atoms with E-state index >= 15 is 0 Å². The van der Waals surface area contributed by atoms with Crippen LogP contribution in [0.15, 0.2) is 95.1 Å². The molecule has 0 bridgehead atoms. The first-order chi connectivity index (χ1) is 24.5. The molecule has 4 aromatic rings. The third-order valence-electron chi connectivity index (χ3n) is 7.94. The summed E-state index contributed by atoms with van der Waals surface area (Å²) < 4.78 is 79.9. The van der Waals surface area contributed by atoms with Crippen LogP contribution >= 0.6 is 0 Å². The van der Waals surface area contributed by atoms with Crippen LogP contribution in [0.25, 0.3) is 16.9 Å². The fourth-order valence-corrected chi connectivity index (χ4v) is 5.68. The number of benzene rings is 3. The van der Waals surface area contributed by atoms with E-state index in [4.69, 9.17) is 14.3 Å². The van der Waals surface area contributed by atoms with Gasteiger partial charge in [0, 0.05) is 12.5 Å². The molecule has 0 fully saturated rings. The van der Waals surface area contributed by atoms with Gasteiger partial charge in [-0.05, 0) is 55.3 Å². The molecule has 4 rings (SSSR count). The Morgan fingerprint density at radius 2 is 1.67 bits per heavy atom. The quantitative estimate of drug-likeness (QED) is 0.0486. The van der Waals surface area contributed by atoms with Crippen molar-refractivity contribution in [3.05, 3.63) is 107 Å². The molecule has 1 amide bonds. The number of rotatable bonds is 14. The van der Waals surface area contributed by atoms with E-state index < -0.39 is 52.9 Å². The molecule has 3 aromatic carbocycles. The van der Waals surface area contributed by atoms with Gasteiger partial charge in [-0.25, -0.2) is 27.4 Å². The van der Waals surface area contributed by atoms with E-state index in [9.17, 15) is 36.4 Å². The lowest BCUT2D eigenvalue weighted by Crippen LogP contribution is -2.45. The first kappa shape index (κ1) is 39.1. The maximum absolute atomic E-state index is 13.6. The molecule has 0 saturated heterocycles. The number of hydrazine groups is 1. The van der Waals surface area contributed by atoms with E-state index in [-0.39, 0.29) is 32.7 Å². The fraction of sp³-hybridized carbons (Fsp3) is 0.324. The van der Waals surface area contributed by atoms with Crippen molar-refractivity contribution >= 4 is 22.1 Å². The number of nitrogens with one attached hydrogen (secondary N) is 1. The number of halogens is 3. The minimum Gasteiger partial charge on any atom is -0.569 e. The standard InChI is InChI=1S/C34H37F3N6O8S/c1-6-23(3)30(41(5)43(46)40-51-24(4)50-32(44)26-10-8-7-9-11-26)21-49-33(45)39-52(47,48)28-18-16-27(17-19-28)42-29(20-31(38-42)34(35,36)37)25-14-12-22(2)13-15-25/h7-20,23-24,30H,6,21H2,1-5H3,(H,39,45)/t23-,24?,30-/m1/s1. The summed E-state index contributed by atoms with van der Waals surface area (Å²) in [5.74, 6) is -0.964. The highest BCUT2D eigenvalue weighted by Gasteiger charge is 2.35. The van der Waals surface area contributed by atoms with Gasteiger partial charge in [-0.1, -0.05) is 68.3 Å². The Kier molecular flexibility index (Phi) is 12.5. The maximum atomic E-state index is 13.6. The molecule has 1 heterocycles. The number of aryl methyl sites for hydroxylation is 1. The number of hydrogen-bond donors (Lipinski definition) is 1. The SMILES string of the molecule is CC[C@@H](C)[C@@H](COC(=O)NS(=O)(=O)c1ccc(-n2nc(C(F)(F)F)cc2-c2ccc(C)cc2)cc1)N(C)[N+]([O-])=NOC(C)OC(=O)c1ccccc1. The van der Waals surface area contributed by atoms with Gasteiger partial charge < -0.3 is 14.7 Å². The molecule has 52 heavy (non-hydrogen) atoms. The molecule has 0 radical (unpaired) electrons. The van der Waals surface area contributed by atoms with Crippen LogP contribution in [0.4, 0.5) is 18.0 Å². The summed E-state index contributed by atoms with van der Waals surface area (Å²) in [5, 5.41) is 20.9. The number of likely N-dealkylation sites (N-methyl/N-ethyl adjacent to an activating group) is 1. The second-order valence-electron chi connectivity index (χ2n) is 11.7. The van der Waals surface area contributed by atoms with E-state index in [1.165, 1.54) is 38.2 Å². The number of ether oxygens (including phenoxy) is 2. The van der Waals surface area contributed by atoms with Crippen LogP contribution in [0.2, 0.25) is 0 Å². The Morgan fingerprint density at radius 3 is 2.27 bits per heavy atom. The lowest BCUT2D eigenvalue weighted by atomic mass is 10.00. The number of amides is 1. The van der Waals surface area contributed by atoms with Crippen LogP contribution in [0.3, 0.4) is 0 Å². The molecule has 1 N–H and O–H groups in total. The van der Waals surface area contributed by atoms with Gasteiger partial charge in [0.25, 0.3) is 16.3 Å². The number of sulfonamides is 1. The van der Waals surface area contributed by atoms with E-state index in [1.54, 1.807) is 54.1 Å². The second-order valence-corrected chi connectivity index (χ2v) is 13.4. The van der Waals surface area contributed by atoms with Crippen molar-refractivity contribution in [1.29, 1.82) is 0 Å². The van der Waals surface area contributed by atoms with Gasteiger partial charge in [-0.15, -0.1) is 5.01 Å². The summed E-state index contributed by atoms with van der Waals surface area (Å²) >= 11 is 0. The van der Waals surface area contributed by atoms with Gasteiger partial charge in [0.1, 0.15) is 12.6 Å². The summed E-state index contributed by atoms with van der Waals surface area (Å²) in [4.78, 5) is 29.5. The highest BCUT2D eigenvalue weighted by molar-refractivity contribution is 7.90. The number of esters is 1. The third-order valence-corrected chi connectivity index (χ3v) is 9.27. The van der Waals surface area contributed by atoms with Crippen LogP contribution in [-0.4, -0.2) is 66.2 Å². The lowest BCUT2D eigenvalue weighted by molar-refractivity contribution is -0.716. The molecule has 1 aromatic heterocycles. The Balaban J connectivity index is 1.41. The Hall–Kier alpha value is -5.65. The van der Waals surface area contributed by atoms with Crippen molar-refractivity contribution in [3.63, 3.8) is 0 Å². The summed E-state index contributed by atoms with van der Waals surface area (Å²) in [7, 11) is -3.16. The van der Waals surface area contributed by atoms with Crippen LogP contribution in [0.1, 0.15) is 48.8 Å². The molecular weight excluding hydrogens is 709 g/mol. The monoisotopic (exact) mass is 746 g/mol. The molecule has 3 atom stereocenters. The molecule has 0 aliphatic heterocycles. The highest BCUT2D eigenvalue weighted by atomic mass is 32.2. The van der Waals surface area contributed by atoms with Crippen molar-refractivity contribution in [2.45, 2.75) is 57.5 Å². The molecule has 0 aliphatic carbocycles. The number of nitrogens with zero attached hydrogens (tertiary/aromatic N) is 5. The molecule has 0 saturated carbocycles. The van der Waals surface area contributed by atoms with E-state index in [0.29, 0.717) is 12.0 Å². The summed E-state index contributed by atoms with van der Waals surface area (Å²) in [6.07, 6.45) is -6.78. The molecule has 278 valence electrons. The lowest BCUT2D eigenvalue weighted by Gasteiger charge is -2.28. The second kappa shape index (κ2) is 16.6. The van der Waals surface area contributed by atoms with Gasteiger partial charge in [0.05, 0.1) is 33.9 Å². The van der Waals surface area contributed by atoms with Gasteiger partial charge in [-0.3, -0.25) is 4.84 Å². The van der Waals surface area contributed by atoms with E-state index in [0.717, 1.165) is 33.5 Å². The van der Waals surface area contributed by atoms with E-state index in [2.05, 4.69) is 10.4 Å². The fourth-order valence-electron chi connectivity index (χ4n) is 4.79. The zero-order valence-corrected chi connectivity index (χ0v) is 29.6. The van der Waals surface area contributed by atoms with Crippen molar-refractivity contribution < 1.29 is 50.5 Å². The first-order valence-corrected chi connectivity index (χ1v) is 17.4. The normalized spacial score (nSPS) is 13.8. The summed E-state index contributed by atoms with van der Waals surface area (Å²) in [6, 6.07) is 19.7. The van der Waals surface area contributed by atoms with Crippen LogP contribution in [-0.2, 0) is 30.5 Å². The number of carbonyl (C=O) groups is 2. The smallest absolute Gasteiger partial charge is 0.435 e. The van der Waals surface area contributed by atoms with Crippen molar-refractivity contribution in [1.82, 2.24) is 19.5 Å². The molecule has 1 unspecified atom stereocenters. The highest BCUT2D eigenvalue weighted by Crippen LogP contribution is 2.33. The maximum Gasteiger partial charge on any atom is 0.435 e. The van der Waals surface area contributed by atoms with Crippen molar-refractivity contribution in [2.24, 2.45) is 11.2 Å². The van der Waals surface area contributed by atoms with Crippen molar-refractivity contribution in [2.75, 3.05) is 13.7 Å². The average molecular weight is 747 g/mol. The number of carbonyl (C=O) groups excluding carboxylic acids is 2. The Morgan fingerprint density at radius 1 is 1.04 bits per heavy atom. The number of alkyl halides is 3. The molecule has 18 heteroatoms. The van der Waals surface area contributed by atoms with Gasteiger partial charge in [0.15, 0.2) is 5.69 Å². The average Bonchev–Trinajstić information content (AvgIpc) is 3.57. The number of aromatic nitrogens is 2. The third kappa shape index (κ3) is 9.99. The van der Waals surface area contributed by atoms with Crippen LogP contribution in [0.5, 0.6) is 0 Å². The van der Waals surface area contributed by atoms with Crippen molar-refractivity contribution in [3.8, 4) is 16.9 Å². The van der Waals surface area contributed by atoms with Crippen LogP contribution in [0, 0.1) is 18.0 Å². The first-order valence-electron chi connectivity index (χ1n) is 15.9. The van der Waals surface area contributed by atoms with Gasteiger partial charge in [0.2, 0.25) is 5.28 Å². The minimum absolute atomic E-state index is 0.0742. The topological polar surface area (TPSA) is 167 Å². The zero-order valence-electron chi connectivity index (χ0n) is 28.8. The molecular formula is C34H37F3N6O8S. The number of hydrogen-bond acceptors (Lipinski definition) is 10. The summed E-state index contributed by atoms with van der Waals surface area (Å²) in [6.45, 7) is 6.33. The largest absolute Gasteiger partial charge is 0.569 e. The van der Waals surface area contributed by atoms with Gasteiger partial charge in [-0.2, -0.15) is 18.3 Å². The Bertz CT molecular complexity index is 1970. The zero-order chi connectivity index (χ0) is 38.2. The van der Waals surface area contributed by atoms with Crippen LogP contribution < -0.4 is 4.72 Å².